The summed E-state index contributed by atoms with van der Waals surface area (Å²) in [6, 6.07) is 0. The molecule has 0 saturated carbocycles. The maximum Gasteiger partial charge on any atom is 0.211 e. The number of sulfonamides is 1. The molecule has 1 rings (SSSR count). The minimum atomic E-state index is -2.95. The van der Waals surface area contributed by atoms with Crippen molar-refractivity contribution in [3.63, 3.8) is 0 Å². The number of hydrogen-bond donors (Lipinski definition) is 0. The highest BCUT2D eigenvalue weighted by Crippen LogP contribution is 2.19. The van der Waals surface area contributed by atoms with E-state index in [2.05, 4.69) is 6.92 Å². The van der Waals surface area contributed by atoms with E-state index in [-0.39, 0.29) is 0 Å². The molecule has 0 N–H and O–H groups in total. The molecule has 1 aliphatic heterocycles. The van der Waals surface area contributed by atoms with E-state index in [1.54, 1.807) is 4.31 Å². The van der Waals surface area contributed by atoms with Gasteiger partial charge >= 0.3 is 0 Å². The van der Waals surface area contributed by atoms with Crippen LogP contribution in [0.15, 0.2) is 0 Å². The third-order valence-electron chi connectivity index (χ3n) is 2.00. The van der Waals surface area contributed by atoms with Crippen molar-refractivity contribution in [1.82, 2.24) is 4.31 Å². The van der Waals surface area contributed by atoms with Crippen LogP contribution in [-0.2, 0) is 10.0 Å². The van der Waals surface area contributed by atoms with Gasteiger partial charge in [0.1, 0.15) is 0 Å². The van der Waals surface area contributed by atoms with Gasteiger partial charge in [-0.25, -0.2) is 12.7 Å². The second kappa shape index (κ2) is 3.98. The van der Waals surface area contributed by atoms with Crippen molar-refractivity contribution in [2.75, 3.05) is 25.1 Å². The Morgan fingerprint density at radius 3 is 2.67 bits per heavy atom. The Balaban J connectivity index is 2.58. The van der Waals surface area contributed by atoms with Gasteiger partial charge < -0.3 is 0 Å². The summed E-state index contributed by atoms with van der Waals surface area (Å²) < 4.78 is 23.9. The molecule has 1 fully saturated rings. The van der Waals surface area contributed by atoms with Crippen LogP contribution >= 0.6 is 11.8 Å². The smallest absolute Gasteiger partial charge is 0.211 e. The van der Waals surface area contributed by atoms with Crippen LogP contribution in [0.25, 0.3) is 0 Å². The van der Waals surface area contributed by atoms with E-state index in [0.29, 0.717) is 18.3 Å². The van der Waals surface area contributed by atoms with Crippen LogP contribution in [0, 0.1) is 0 Å². The predicted molar refractivity (Wildman–Crippen MR) is 53.0 cm³/mol. The Hall–Kier alpha value is 0.260. The second-order valence-electron chi connectivity index (χ2n) is 3.13. The first-order chi connectivity index (χ1) is 5.50. The Bertz CT molecular complexity index is 238. The van der Waals surface area contributed by atoms with Gasteiger partial charge in [0.25, 0.3) is 0 Å². The molecule has 0 aromatic rings. The molecule has 1 heterocycles. The van der Waals surface area contributed by atoms with E-state index in [1.807, 2.05) is 11.8 Å². The first-order valence-corrected chi connectivity index (χ1v) is 6.96. The van der Waals surface area contributed by atoms with Crippen LogP contribution in [0.2, 0.25) is 0 Å². The van der Waals surface area contributed by atoms with E-state index in [9.17, 15) is 8.42 Å². The fraction of sp³-hybridized carbons (Fsp3) is 1.00. The molecule has 3 nitrogen and oxygen atoms in total. The molecule has 0 aromatic carbocycles. The van der Waals surface area contributed by atoms with E-state index < -0.39 is 10.0 Å². The van der Waals surface area contributed by atoms with Gasteiger partial charge in [0.15, 0.2) is 0 Å². The van der Waals surface area contributed by atoms with Crippen molar-refractivity contribution in [2.24, 2.45) is 0 Å². The minimum absolute atomic E-state index is 0.594. The lowest BCUT2D eigenvalue weighted by Gasteiger charge is -2.16. The zero-order chi connectivity index (χ0) is 9.19. The maximum absolute atomic E-state index is 11.2. The third-order valence-corrected chi connectivity index (χ3v) is 4.52. The van der Waals surface area contributed by atoms with Gasteiger partial charge in [-0.1, -0.05) is 6.92 Å². The standard InChI is InChI=1S/C7H15NO2S2/c1-7-3-4-8(5-6-11-7)12(2,9)10/h7H,3-6H2,1-2H3. The average molecular weight is 209 g/mol. The maximum atomic E-state index is 11.2. The van der Waals surface area contributed by atoms with Gasteiger partial charge in [-0.05, 0) is 6.42 Å². The van der Waals surface area contributed by atoms with Gasteiger partial charge in [0, 0.05) is 24.1 Å². The summed E-state index contributed by atoms with van der Waals surface area (Å²) in [6.07, 6.45) is 2.26. The van der Waals surface area contributed by atoms with Crippen LogP contribution in [0.1, 0.15) is 13.3 Å². The summed E-state index contributed by atoms with van der Waals surface area (Å²) >= 11 is 1.85. The molecule has 0 aliphatic carbocycles. The van der Waals surface area contributed by atoms with E-state index in [4.69, 9.17) is 0 Å². The van der Waals surface area contributed by atoms with Crippen LogP contribution in [0.3, 0.4) is 0 Å². The number of rotatable bonds is 1. The zero-order valence-corrected chi connectivity index (χ0v) is 9.12. The minimum Gasteiger partial charge on any atom is -0.213 e. The lowest BCUT2D eigenvalue weighted by atomic mass is 10.3. The first-order valence-electron chi connectivity index (χ1n) is 4.07. The number of thioether (sulfide) groups is 1. The Kier molecular flexibility index (Phi) is 3.43. The summed E-state index contributed by atoms with van der Waals surface area (Å²) in [5.74, 6) is 0.925. The molecular formula is C7H15NO2S2. The SMILES string of the molecule is CC1CCN(S(C)(=O)=O)CCS1. The van der Waals surface area contributed by atoms with Gasteiger partial charge in [-0.15, -0.1) is 0 Å². The Labute approximate surface area is 78.6 Å². The van der Waals surface area contributed by atoms with Crippen LogP contribution in [-0.4, -0.2) is 43.1 Å². The highest BCUT2D eigenvalue weighted by atomic mass is 32.2. The predicted octanol–water partition coefficient (Wildman–Crippen LogP) is 0.773. The fourth-order valence-electron chi connectivity index (χ4n) is 1.21. The fourth-order valence-corrected chi connectivity index (χ4v) is 3.18. The molecule has 0 bridgehead atoms. The molecule has 5 heteroatoms. The van der Waals surface area contributed by atoms with Gasteiger partial charge in [0.2, 0.25) is 10.0 Å². The normalized spacial score (nSPS) is 28.3. The largest absolute Gasteiger partial charge is 0.213 e. The Morgan fingerprint density at radius 2 is 2.08 bits per heavy atom. The topological polar surface area (TPSA) is 37.4 Å². The summed E-state index contributed by atoms with van der Waals surface area (Å²) in [5, 5.41) is 0.594. The number of hydrogen-bond acceptors (Lipinski definition) is 3. The lowest BCUT2D eigenvalue weighted by Crippen LogP contribution is -2.31. The molecule has 1 saturated heterocycles. The van der Waals surface area contributed by atoms with Crippen molar-refractivity contribution in [1.29, 1.82) is 0 Å². The van der Waals surface area contributed by atoms with Crippen molar-refractivity contribution in [3.8, 4) is 0 Å². The summed E-state index contributed by atoms with van der Waals surface area (Å²) in [7, 11) is -2.95. The van der Waals surface area contributed by atoms with Crippen molar-refractivity contribution >= 4 is 21.8 Å². The zero-order valence-electron chi connectivity index (χ0n) is 7.49. The van der Waals surface area contributed by atoms with Crippen LogP contribution < -0.4 is 0 Å². The molecule has 1 atom stereocenters. The summed E-state index contributed by atoms with van der Waals surface area (Å²) in [6.45, 7) is 3.51. The quantitative estimate of drug-likeness (QED) is 0.640. The highest BCUT2D eigenvalue weighted by Gasteiger charge is 2.20. The second-order valence-corrected chi connectivity index (χ2v) is 6.66. The van der Waals surface area contributed by atoms with E-state index in [0.717, 1.165) is 12.2 Å². The monoisotopic (exact) mass is 209 g/mol. The molecular weight excluding hydrogens is 194 g/mol. The van der Waals surface area contributed by atoms with Crippen LogP contribution in [0.5, 0.6) is 0 Å². The number of nitrogens with zero attached hydrogens (tertiary/aromatic N) is 1. The highest BCUT2D eigenvalue weighted by molar-refractivity contribution is 7.99. The van der Waals surface area contributed by atoms with Gasteiger partial charge in [-0.3, -0.25) is 0 Å². The van der Waals surface area contributed by atoms with Crippen LogP contribution in [0.4, 0.5) is 0 Å². The summed E-state index contributed by atoms with van der Waals surface area (Å²) in [5.41, 5.74) is 0. The molecule has 1 unspecified atom stereocenters. The average Bonchev–Trinajstić information content (AvgIpc) is 2.11. The lowest BCUT2D eigenvalue weighted by molar-refractivity contribution is 0.433. The van der Waals surface area contributed by atoms with Crippen molar-refractivity contribution in [2.45, 2.75) is 18.6 Å². The molecule has 12 heavy (non-hydrogen) atoms. The molecule has 1 aliphatic rings. The molecule has 72 valence electrons. The molecule has 0 spiro atoms. The van der Waals surface area contributed by atoms with E-state index >= 15 is 0 Å². The third kappa shape index (κ3) is 2.95. The summed E-state index contributed by atoms with van der Waals surface area (Å²) in [4.78, 5) is 0. The molecule has 0 amide bonds. The van der Waals surface area contributed by atoms with Crippen molar-refractivity contribution in [3.05, 3.63) is 0 Å². The van der Waals surface area contributed by atoms with Crippen molar-refractivity contribution < 1.29 is 8.42 Å². The van der Waals surface area contributed by atoms with Gasteiger partial charge in [0.05, 0.1) is 6.26 Å². The first kappa shape index (κ1) is 10.3. The van der Waals surface area contributed by atoms with E-state index in [1.165, 1.54) is 6.26 Å². The Morgan fingerprint density at radius 1 is 1.42 bits per heavy atom. The molecule has 0 aromatic heterocycles. The molecule has 0 radical (unpaired) electrons. The van der Waals surface area contributed by atoms with Gasteiger partial charge in [-0.2, -0.15) is 11.8 Å².